The third-order valence-electron chi connectivity index (χ3n) is 2.64. The summed E-state index contributed by atoms with van der Waals surface area (Å²) in [6, 6.07) is 5.71. The number of carbonyl (C=O) groups is 1. The number of hydrogen-bond acceptors (Lipinski definition) is 5. The zero-order valence-corrected chi connectivity index (χ0v) is 11.5. The first kappa shape index (κ1) is 14.7. The quantitative estimate of drug-likeness (QED) is 0.685. The second-order valence-electron chi connectivity index (χ2n) is 4.10. The van der Waals surface area contributed by atoms with E-state index in [0.29, 0.717) is 5.56 Å². The minimum Gasteiger partial charge on any atom is -0.478 e. The third-order valence-corrected chi connectivity index (χ3v) is 2.92. The smallest absolute Gasteiger partial charge is 0.339 e. The fourth-order valence-corrected chi connectivity index (χ4v) is 1.84. The number of nitrogens with zero attached hydrogens (tertiary/aromatic N) is 2. The van der Waals surface area contributed by atoms with E-state index in [0.717, 1.165) is 12.3 Å². The van der Waals surface area contributed by atoms with Crippen molar-refractivity contribution in [3.05, 3.63) is 56.7 Å². The molecule has 0 atom stereocenters. The minimum absolute atomic E-state index is 0.0498. The Morgan fingerprint density at radius 3 is 2.76 bits per heavy atom. The Bertz CT molecular complexity index is 732. The molecular formula is C13H9ClN2O5. The van der Waals surface area contributed by atoms with E-state index in [1.807, 2.05) is 0 Å². The van der Waals surface area contributed by atoms with Gasteiger partial charge in [0.05, 0.1) is 4.92 Å². The lowest BCUT2D eigenvalue weighted by Crippen LogP contribution is -2.02. The lowest BCUT2D eigenvalue weighted by molar-refractivity contribution is -0.385. The minimum atomic E-state index is -1.16. The molecule has 0 bridgehead atoms. The molecule has 0 amide bonds. The number of hydrogen-bond donors (Lipinski definition) is 1. The summed E-state index contributed by atoms with van der Waals surface area (Å²) in [4.78, 5) is 24.9. The highest BCUT2D eigenvalue weighted by Crippen LogP contribution is 2.33. The Labute approximate surface area is 123 Å². The van der Waals surface area contributed by atoms with Gasteiger partial charge in [-0.3, -0.25) is 10.1 Å². The molecule has 0 saturated carbocycles. The normalized spacial score (nSPS) is 10.2. The number of carboxylic acid groups (broad SMARTS) is 1. The van der Waals surface area contributed by atoms with E-state index >= 15 is 0 Å². The van der Waals surface area contributed by atoms with E-state index in [1.165, 1.54) is 6.07 Å². The van der Waals surface area contributed by atoms with E-state index < -0.39 is 10.9 Å². The van der Waals surface area contributed by atoms with Crippen molar-refractivity contribution in [3.63, 3.8) is 0 Å². The average Bonchev–Trinajstić information content (AvgIpc) is 2.42. The maximum absolute atomic E-state index is 11.2. The number of aryl methyl sites for hydroxylation is 1. The van der Waals surface area contributed by atoms with Crippen LogP contribution < -0.4 is 4.74 Å². The molecule has 8 heteroatoms. The van der Waals surface area contributed by atoms with Gasteiger partial charge in [0.1, 0.15) is 22.5 Å². The largest absolute Gasteiger partial charge is 0.478 e. The van der Waals surface area contributed by atoms with E-state index in [-0.39, 0.29) is 27.9 Å². The Morgan fingerprint density at radius 2 is 2.19 bits per heavy atom. The van der Waals surface area contributed by atoms with Crippen LogP contribution in [-0.4, -0.2) is 21.0 Å². The summed E-state index contributed by atoms with van der Waals surface area (Å²) in [5.74, 6) is -1.17. The van der Waals surface area contributed by atoms with Gasteiger partial charge < -0.3 is 9.84 Å². The molecule has 0 spiro atoms. The van der Waals surface area contributed by atoms with Crippen LogP contribution in [0, 0.1) is 17.0 Å². The van der Waals surface area contributed by atoms with Gasteiger partial charge in [-0.05, 0) is 18.6 Å². The number of halogens is 1. The van der Waals surface area contributed by atoms with Crippen LogP contribution in [-0.2, 0) is 0 Å². The van der Waals surface area contributed by atoms with Crippen LogP contribution in [0.2, 0.25) is 5.02 Å². The zero-order chi connectivity index (χ0) is 15.6. The van der Waals surface area contributed by atoms with Crippen molar-refractivity contribution >= 4 is 23.3 Å². The van der Waals surface area contributed by atoms with Crippen molar-refractivity contribution in [2.24, 2.45) is 0 Å². The van der Waals surface area contributed by atoms with Gasteiger partial charge in [0.2, 0.25) is 5.88 Å². The highest BCUT2D eigenvalue weighted by Gasteiger charge is 2.18. The van der Waals surface area contributed by atoms with E-state index in [9.17, 15) is 14.9 Å². The lowest BCUT2D eigenvalue weighted by atomic mass is 10.1. The zero-order valence-electron chi connectivity index (χ0n) is 10.7. The predicted octanol–water partition coefficient (Wildman–Crippen LogP) is 3.44. The highest BCUT2D eigenvalue weighted by atomic mass is 35.5. The second kappa shape index (κ2) is 5.76. The number of rotatable bonds is 4. The summed E-state index contributed by atoms with van der Waals surface area (Å²) in [5.41, 5.74) is 0.243. The molecule has 0 aliphatic heterocycles. The highest BCUT2D eigenvalue weighted by molar-refractivity contribution is 6.32. The molecule has 1 heterocycles. The topological polar surface area (TPSA) is 103 Å². The molecule has 0 unspecified atom stereocenters. The molecule has 1 aromatic heterocycles. The Balaban J connectivity index is 2.44. The van der Waals surface area contributed by atoms with Gasteiger partial charge in [-0.1, -0.05) is 23.7 Å². The molecule has 2 rings (SSSR count). The van der Waals surface area contributed by atoms with Crippen LogP contribution in [0.5, 0.6) is 11.6 Å². The first-order chi connectivity index (χ1) is 9.90. The SMILES string of the molecule is Cc1cccc(C(=O)O)c1Oc1ncc([N+](=O)[O-])cc1Cl. The van der Waals surface area contributed by atoms with Crippen LogP contribution >= 0.6 is 11.6 Å². The Hall–Kier alpha value is -2.67. The molecule has 0 aliphatic carbocycles. The van der Waals surface area contributed by atoms with Crippen LogP contribution in [0.4, 0.5) is 5.69 Å². The standard InChI is InChI=1S/C13H9ClN2O5/c1-7-3-2-4-9(13(17)18)11(7)21-12-10(14)5-8(6-15-12)16(19)20/h2-6H,1H3,(H,17,18). The maximum Gasteiger partial charge on any atom is 0.339 e. The summed E-state index contributed by atoms with van der Waals surface area (Å²) < 4.78 is 5.42. The van der Waals surface area contributed by atoms with Gasteiger partial charge in [-0.15, -0.1) is 0 Å². The first-order valence-corrected chi connectivity index (χ1v) is 6.08. The fraction of sp³-hybridized carbons (Fsp3) is 0.0769. The van der Waals surface area contributed by atoms with Crippen molar-refractivity contribution in [2.45, 2.75) is 6.92 Å². The number of aromatic carboxylic acids is 1. The number of aromatic nitrogens is 1. The van der Waals surface area contributed by atoms with Crippen molar-refractivity contribution in [1.29, 1.82) is 0 Å². The molecule has 0 saturated heterocycles. The number of pyridine rings is 1. The molecule has 0 radical (unpaired) electrons. The van der Waals surface area contributed by atoms with Gasteiger partial charge in [-0.2, -0.15) is 0 Å². The number of ether oxygens (including phenoxy) is 1. The monoisotopic (exact) mass is 308 g/mol. The Kier molecular flexibility index (Phi) is 4.04. The molecule has 108 valence electrons. The lowest BCUT2D eigenvalue weighted by Gasteiger charge is -2.11. The molecule has 1 N–H and O–H groups in total. The third kappa shape index (κ3) is 3.09. The van der Waals surface area contributed by atoms with E-state index in [1.54, 1.807) is 19.1 Å². The number of nitro groups is 1. The van der Waals surface area contributed by atoms with Crippen molar-refractivity contribution in [2.75, 3.05) is 0 Å². The van der Waals surface area contributed by atoms with Crippen molar-refractivity contribution in [1.82, 2.24) is 4.98 Å². The van der Waals surface area contributed by atoms with Crippen LogP contribution in [0.3, 0.4) is 0 Å². The van der Waals surface area contributed by atoms with Crippen LogP contribution in [0.1, 0.15) is 15.9 Å². The molecule has 1 aromatic carbocycles. The second-order valence-corrected chi connectivity index (χ2v) is 4.50. The summed E-state index contributed by atoms with van der Waals surface area (Å²) in [7, 11) is 0. The number of carboxylic acids is 1. The molecular weight excluding hydrogens is 300 g/mol. The molecule has 21 heavy (non-hydrogen) atoms. The summed E-state index contributed by atoms with van der Waals surface area (Å²) in [6.45, 7) is 1.67. The fourth-order valence-electron chi connectivity index (χ4n) is 1.64. The summed E-state index contributed by atoms with van der Waals surface area (Å²) in [6.07, 6.45) is 0.986. The Morgan fingerprint density at radius 1 is 1.48 bits per heavy atom. The van der Waals surface area contributed by atoms with Crippen LogP contribution in [0.25, 0.3) is 0 Å². The molecule has 7 nitrogen and oxygen atoms in total. The maximum atomic E-state index is 11.2. The number of benzene rings is 1. The van der Waals surface area contributed by atoms with Gasteiger partial charge >= 0.3 is 5.97 Å². The van der Waals surface area contributed by atoms with Gasteiger partial charge in [-0.25, -0.2) is 9.78 Å². The average molecular weight is 309 g/mol. The number of para-hydroxylation sites is 1. The van der Waals surface area contributed by atoms with Crippen LogP contribution in [0.15, 0.2) is 30.5 Å². The van der Waals surface area contributed by atoms with Gasteiger partial charge in [0.15, 0.2) is 0 Å². The van der Waals surface area contributed by atoms with Crippen molar-refractivity contribution < 1.29 is 19.6 Å². The van der Waals surface area contributed by atoms with Gasteiger partial charge in [0, 0.05) is 6.07 Å². The predicted molar refractivity (Wildman–Crippen MR) is 74.1 cm³/mol. The van der Waals surface area contributed by atoms with E-state index in [2.05, 4.69) is 4.98 Å². The molecule has 0 fully saturated rings. The molecule has 0 aliphatic rings. The van der Waals surface area contributed by atoms with Crippen molar-refractivity contribution in [3.8, 4) is 11.6 Å². The summed E-state index contributed by atoms with van der Waals surface area (Å²) in [5, 5.41) is 19.7. The molecule has 2 aromatic rings. The van der Waals surface area contributed by atoms with Gasteiger partial charge in [0.25, 0.3) is 5.69 Å². The summed E-state index contributed by atoms with van der Waals surface area (Å²) >= 11 is 5.87. The first-order valence-electron chi connectivity index (χ1n) is 5.71. The van der Waals surface area contributed by atoms with E-state index in [4.69, 9.17) is 21.4 Å².